The number of likely N-dealkylation sites (tertiary alicyclic amines) is 1. The van der Waals surface area contributed by atoms with Crippen LogP contribution in [0.2, 0.25) is 0 Å². The predicted molar refractivity (Wildman–Crippen MR) is 66.0 cm³/mol. The molecule has 1 fully saturated rings. The first-order chi connectivity index (χ1) is 8.11. The van der Waals surface area contributed by atoms with E-state index in [1.54, 1.807) is 7.11 Å². The van der Waals surface area contributed by atoms with Gasteiger partial charge in [-0.25, -0.2) is 0 Å². The van der Waals surface area contributed by atoms with Crippen molar-refractivity contribution in [3.8, 4) is 0 Å². The maximum atomic E-state index is 11.8. The van der Waals surface area contributed by atoms with Crippen LogP contribution in [0.4, 0.5) is 0 Å². The Morgan fingerprint density at radius 3 is 2.53 bits per heavy atom. The van der Waals surface area contributed by atoms with Crippen molar-refractivity contribution in [2.45, 2.75) is 25.3 Å². The Morgan fingerprint density at radius 2 is 2.00 bits per heavy atom. The number of hydrogen-bond acceptors (Lipinski definition) is 4. The fourth-order valence-electron chi connectivity index (χ4n) is 1.89. The highest BCUT2D eigenvalue weighted by atomic mass is 16.5. The molecule has 1 rings (SSSR count). The number of carbonyl (C=O) groups excluding carboxylic acids is 1. The normalized spacial score (nSPS) is 19.4. The summed E-state index contributed by atoms with van der Waals surface area (Å²) in [5.41, 5.74) is 0.174. The molecule has 0 aromatic carbocycles. The molecule has 1 saturated heterocycles. The number of piperidine rings is 1. The van der Waals surface area contributed by atoms with Gasteiger partial charge in [0.2, 0.25) is 5.91 Å². The van der Waals surface area contributed by atoms with Crippen molar-refractivity contribution in [3.05, 3.63) is 0 Å². The summed E-state index contributed by atoms with van der Waals surface area (Å²) in [6.45, 7) is 4.99. The molecule has 0 bridgehead atoms. The average Bonchev–Trinajstić information content (AvgIpc) is 2.35. The molecule has 0 unspecified atom stereocenters. The number of methoxy groups -OCH3 is 1. The van der Waals surface area contributed by atoms with Crippen LogP contribution in [0, 0.1) is 0 Å². The Morgan fingerprint density at radius 1 is 1.35 bits per heavy atom. The molecule has 1 N–H and O–H groups in total. The SMILES string of the molecule is CNC1(C)CCN(C(=O)COCCOC)CC1. The van der Waals surface area contributed by atoms with E-state index in [1.165, 1.54) is 0 Å². The summed E-state index contributed by atoms with van der Waals surface area (Å²) in [5.74, 6) is 0.0826. The standard InChI is InChI=1S/C12H24N2O3/c1-12(13-2)4-6-14(7-5-12)11(15)10-17-9-8-16-3/h13H,4-10H2,1-3H3. The van der Waals surface area contributed by atoms with Crippen molar-refractivity contribution in [3.63, 3.8) is 0 Å². The van der Waals surface area contributed by atoms with Gasteiger partial charge in [-0.05, 0) is 26.8 Å². The largest absolute Gasteiger partial charge is 0.382 e. The van der Waals surface area contributed by atoms with Crippen molar-refractivity contribution < 1.29 is 14.3 Å². The van der Waals surface area contributed by atoms with Crippen LogP contribution < -0.4 is 5.32 Å². The maximum absolute atomic E-state index is 11.8. The van der Waals surface area contributed by atoms with E-state index in [2.05, 4.69) is 12.2 Å². The quantitative estimate of drug-likeness (QED) is 0.681. The summed E-state index contributed by atoms with van der Waals surface area (Å²) in [6.07, 6.45) is 1.99. The lowest BCUT2D eigenvalue weighted by Gasteiger charge is -2.39. The molecule has 0 aromatic heterocycles. The first-order valence-electron chi connectivity index (χ1n) is 6.15. The Balaban J connectivity index is 2.22. The minimum atomic E-state index is 0.0826. The monoisotopic (exact) mass is 244 g/mol. The predicted octanol–water partition coefficient (Wildman–Crippen LogP) is 0.250. The zero-order valence-corrected chi connectivity index (χ0v) is 11.1. The highest BCUT2D eigenvalue weighted by Gasteiger charge is 2.30. The second-order valence-electron chi connectivity index (χ2n) is 4.74. The zero-order valence-electron chi connectivity index (χ0n) is 11.1. The molecule has 1 aliphatic heterocycles. The van der Waals surface area contributed by atoms with Crippen molar-refractivity contribution in [1.29, 1.82) is 0 Å². The van der Waals surface area contributed by atoms with Crippen molar-refractivity contribution >= 4 is 5.91 Å². The Hall–Kier alpha value is -0.650. The van der Waals surface area contributed by atoms with Gasteiger partial charge in [0.05, 0.1) is 13.2 Å². The number of ether oxygens (including phenoxy) is 2. The third-order valence-corrected chi connectivity index (χ3v) is 3.48. The topological polar surface area (TPSA) is 50.8 Å². The van der Waals surface area contributed by atoms with Gasteiger partial charge in [-0.1, -0.05) is 0 Å². The minimum Gasteiger partial charge on any atom is -0.382 e. The van der Waals surface area contributed by atoms with Crippen molar-refractivity contribution in [2.75, 3.05) is 47.1 Å². The summed E-state index contributed by atoms with van der Waals surface area (Å²) in [5, 5.41) is 3.31. The Kier molecular flexibility index (Phi) is 5.88. The third kappa shape index (κ3) is 4.61. The lowest BCUT2D eigenvalue weighted by atomic mass is 9.90. The van der Waals surface area contributed by atoms with Crippen LogP contribution in [-0.2, 0) is 14.3 Å². The van der Waals surface area contributed by atoms with Gasteiger partial charge in [0, 0.05) is 25.7 Å². The molecule has 0 saturated carbocycles. The molecule has 5 heteroatoms. The molecule has 0 aromatic rings. The van der Waals surface area contributed by atoms with Gasteiger partial charge < -0.3 is 19.7 Å². The van der Waals surface area contributed by atoms with E-state index in [4.69, 9.17) is 9.47 Å². The number of hydrogen-bond donors (Lipinski definition) is 1. The fraction of sp³-hybridized carbons (Fsp3) is 0.917. The third-order valence-electron chi connectivity index (χ3n) is 3.48. The van der Waals surface area contributed by atoms with Gasteiger partial charge >= 0.3 is 0 Å². The number of amides is 1. The molecular formula is C12H24N2O3. The molecule has 100 valence electrons. The van der Waals surface area contributed by atoms with E-state index in [1.807, 2.05) is 11.9 Å². The van der Waals surface area contributed by atoms with Gasteiger partial charge in [-0.2, -0.15) is 0 Å². The van der Waals surface area contributed by atoms with E-state index in [-0.39, 0.29) is 18.1 Å². The summed E-state index contributed by atoms with van der Waals surface area (Å²) in [7, 11) is 3.60. The van der Waals surface area contributed by atoms with E-state index in [0.29, 0.717) is 13.2 Å². The highest BCUT2D eigenvalue weighted by molar-refractivity contribution is 5.77. The lowest BCUT2D eigenvalue weighted by Crippen LogP contribution is -2.52. The van der Waals surface area contributed by atoms with Gasteiger partial charge in [-0.15, -0.1) is 0 Å². The molecule has 0 aliphatic carbocycles. The molecule has 1 heterocycles. The van der Waals surface area contributed by atoms with E-state index >= 15 is 0 Å². The summed E-state index contributed by atoms with van der Waals surface area (Å²) < 4.78 is 10.1. The van der Waals surface area contributed by atoms with Gasteiger partial charge in [0.15, 0.2) is 0 Å². The molecule has 0 radical (unpaired) electrons. The lowest BCUT2D eigenvalue weighted by molar-refractivity contribution is -0.138. The van der Waals surface area contributed by atoms with E-state index < -0.39 is 0 Å². The number of carbonyl (C=O) groups is 1. The molecule has 1 aliphatic rings. The number of rotatable bonds is 6. The zero-order chi connectivity index (χ0) is 12.7. The van der Waals surface area contributed by atoms with Gasteiger partial charge in [-0.3, -0.25) is 4.79 Å². The van der Waals surface area contributed by atoms with Crippen LogP contribution in [0.1, 0.15) is 19.8 Å². The van der Waals surface area contributed by atoms with Crippen LogP contribution >= 0.6 is 0 Å². The van der Waals surface area contributed by atoms with E-state index in [0.717, 1.165) is 25.9 Å². The first kappa shape index (κ1) is 14.4. The summed E-state index contributed by atoms with van der Waals surface area (Å²) >= 11 is 0. The van der Waals surface area contributed by atoms with E-state index in [9.17, 15) is 4.79 Å². The van der Waals surface area contributed by atoms with Crippen molar-refractivity contribution in [1.82, 2.24) is 10.2 Å². The van der Waals surface area contributed by atoms with Crippen molar-refractivity contribution in [2.24, 2.45) is 0 Å². The number of nitrogens with one attached hydrogen (secondary N) is 1. The smallest absolute Gasteiger partial charge is 0.248 e. The highest BCUT2D eigenvalue weighted by Crippen LogP contribution is 2.20. The molecule has 17 heavy (non-hydrogen) atoms. The molecule has 1 amide bonds. The van der Waals surface area contributed by atoms with Gasteiger partial charge in [0.1, 0.15) is 6.61 Å². The first-order valence-corrected chi connectivity index (χ1v) is 6.15. The average molecular weight is 244 g/mol. The number of nitrogens with zero attached hydrogens (tertiary/aromatic N) is 1. The second kappa shape index (κ2) is 6.93. The molecule has 5 nitrogen and oxygen atoms in total. The van der Waals surface area contributed by atoms with Crippen LogP contribution in [-0.4, -0.2) is 63.4 Å². The van der Waals surface area contributed by atoms with Crippen LogP contribution in [0.25, 0.3) is 0 Å². The summed E-state index contributed by atoms with van der Waals surface area (Å²) in [6, 6.07) is 0. The maximum Gasteiger partial charge on any atom is 0.248 e. The molecule has 0 spiro atoms. The Bertz CT molecular complexity index is 238. The fourth-order valence-corrected chi connectivity index (χ4v) is 1.89. The van der Waals surface area contributed by atoms with Crippen LogP contribution in [0.5, 0.6) is 0 Å². The van der Waals surface area contributed by atoms with Gasteiger partial charge in [0.25, 0.3) is 0 Å². The molecule has 0 atom stereocenters. The minimum absolute atomic E-state index is 0.0826. The Labute approximate surface area is 103 Å². The second-order valence-corrected chi connectivity index (χ2v) is 4.74. The molecular weight excluding hydrogens is 220 g/mol. The summed E-state index contributed by atoms with van der Waals surface area (Å²) in [4.78, 5) is 13.7. The van der Waals surface area contributed by atoms with Crippen LogP contribution in [0.15, 0.2) is 0 Å². The van der Waals surface area contributed by atoms with Crippen LogP contribution in [0.3, 0.4) is 0 Å².